The summed E-state index contributed by atoms with van der Waals surface area (Å²) in [7, 11) is 3.66. The molecule has 0 bridgehead atoms. The summed E-state index contributed by atoms with van der Waals surface area (Å²) in [6.45, 7) is 5.41. The summed E-state index contributed by atoms with van der Waals surface area (Å²) in [6.07, 6.45) is 5.12. The highest BCUT2D eigenvalue weighted by molar-refractivity contribution is 5.94. The second-order valence-corrected chi connectivity index (χ2v) is 8.48. The number of H-pyrrole nitrogens is 1. The monoisotopic (exact) mass is 468 g/mol. The number of aromatic amines is 1. The number of aromatic nitrogens is 4. The van der Waals surface area contributed by atoms with Gasteiger partial charge >= 0.3 is 0 Å². The minimum atomic E-state index is 0.492. The van der Waals surface area contributed by atoms with Gasteiger partial charge in [-0.1, -0.05) is 0 Å². The minimum Gasteiger partial charge on any atom is -0.493 e. The number of methoxy groups -OCH3 is 1. The normalized spacial score (nSPS) is 11.1. The maximum atomic E-state index is 6.08. The van der Waals surface area contributed by atoms with Crippen molar-refractivity contribution >= 4 is 39.0 Å². The Morgan fingerprint density at radius 2 is 1.80 bits per heavy atom. The smallest absolute Gasteiger partial charge is 0.163 e. The van der Waals surface area contributed by atoms with E-state index < -0.39 is 0 Å². The fourth-order valence-electron chi connectivity index (χ4n) is 4.13. The van der Waals surface area contributed by atoms with Crippen LogP contribution < -0.4 is 19.7 Å². The summed E-state index contributed by atoms with van der Waals surface area (Å²) in [4.78, 5) is 18.6. The molecule has 0 radical (unpaired) electrons. The number of rotatable bonds is 8. The first-order valence-electron chi connectivity index (χ1n) is 11.5. The number of hydrogen-bond acceptors (Lipinski definition) is 7. The highest BCUT2D eigenvalue weighted by atomic mass is 16.5. The van der Waals surface area contributed by atoms with Crippen molar-refractivity contribution in [3.8, 4) is 11.5 Å². The lowest BCUT2D eigenvalue weighted by Gasteiger charge is -2.20. The van der Waals surface area contributed by atoms with Crippen LogP contribution in [0.25, 0.3) is 21.8 Å². The van der Waals surface area contributed by atoms with E-state index in [1.54, 1.807) is 25.8 Å². The Balaban J connectivity index is 1.38. The van der Waals surface area contributed by atoms with E-state index >= 15 is 0 Å². The number of hydrogen-bond donors (Lipinski definition) is 2. The molecule has 0 aliphatic rings. The molecule has 0 atom stereocenters. The number of pyridine rings is 1. The van der Waals surface area contributed by atoms with E-state index in [-0.39, 0.29) is 0 Å². The molecule has 0 saturated carbocycles. The molecular weight excluding hydrogens is 440 g/mol. The predicted octanol–water partition coefficient (Wildman–Crippen LogP) is 5.39. The highest BCUT2D eigenvalue weighted by Gasteiger charge is 2.13. The average molecular weight is 469 g/mol. The Morgan fingerprint density at radius 1 is 0.971 bits per heavy atom. The quantitative estimate of drug-likeness (QED) is 0.316. The number of ether oxygens (including phenoxy) is 2. The minimum absolute atomic E-state index is 0.492. The van der Waals surface area contributed by atoms with E-state index in [4.69, 9.17) is 9.47 Å². The topological polar surface area (TPSA) is 88.2 Å². The molecule has 178 valence electrons. The van der Waals surface area contributed by atoms with Crippen LogP contribution >= 0.6 is 0 Å². The van der Waals surface area contributed by atoms with Crippen LogP contribution in [-0.2, 0) is 0 Å². The zero-order chi connectivity index (χ0) is 24.4. The van der Waals surface area contributed by atoms with Crippen LogP contribution in [-0.4, -0.2) is 47.2 Å². The zero-order valence-corrected chi connectivity index (χ0v) is 20.3. The number of fused-ring (bicyclic) bond motifs is 2. The molecule has 0 amide bonds. The Morgan fingerprint density at radius 3 is 2.60 bits per heavy atom. The third-order valence-corrected chi connectivity index (χ3v) is 6.28. The third-order valence-electron chi connectivity index (χ3n) is 6.28. The number of nitrogens with zero attached hydrogens (tertiary/aromatic N) is 4. The van der Waals surface area contributed by atoms with Gasteiger partial charge in [0.05, 0.1) is 19.2 Å². The van der Waals surface area contributed by atoms with Crippen molar-refractivity contribution in [2.75, 3.05) is 37.5 Å². The van der Waals surface area contributed by atoms with Gasteiger partial charge in [0.1, 0.15) is 18.8 Å². The Bertz CT molecular complexity index is 1480. The van der Waals surface area contributed by atoms with Crippen molar-refractivity contribution in [2.24, 2.45) is 0 Å². The largest absolute Gasteiger partial charge is 0.493 e. The first-order chi connectivity index (χ1) is 17.0. The van der Waals surface area contributed by atoms with Crippen molar-refractivity contribution in [3.05, 3.63) is 72.4 Å². The molecule has 5 aromatic rings. The van der Waals surface area contributed by atoms with E-state index in [0.29, 0.717) is 30.5 Å². The molecule has 35 heavy (non-hydrogen) atoms. The summed E-state index contributed by atoms with van der Waals surface area (Å²) in [5, 5.41) is 5.49. The van der Waals surface area contributed by atoms with Crippen molar-refractivity contribution in [1.82, 2.24) is 19.9 Å². The van der Waals surface area contributed by atoms with E-state index in [9.17, 15) is 0 Å². The van der Waals surface area contributed by atoms with Crippen LogP contribution in [0, 0.1) is 13.8 Å². The molecule has 8 nitrogen and oxygen atoms in total. The number of nitrogens with one attached hydrogen (secondary N) is 2. The lowest BCUT2D eigenvalue weighted by Crippen LogP contribution is -2.23. The summed E-state index contributed by atoms with van der Waals surface area (Å²) >= 11 is 0. The SMILES string of the molecule is COc1cc2c(Nc3ccc4[nH]c(C)c(C)c4c3)ncnc2cc1OCCN(C)c1ccncc1. The second-order valence-electron chi connectivity index (χ2n) is 8.48. The number of anilines is 3. The second kappa shape index (κ2) is 9.50. The zero-order valence-electron chi connectivity index (χ0n) is 20.3. The molecule has 0 aliphatic carbocycles. The van der Waals surface area contributed by atoms with Crippen LogP contribution in [0.3, 0.4) is 0 Å². The molecule has 0 fully saturated rings. The molecule has 2 N–H and O–H groups in total. The van der Waals surface area contributed by atoms with Gasteiger partial charge in [-0.3, -0.25) is 4.98 Å². The van der Waals surface area contributed by atoms with Gasteiger partial charge in [0, 0.05) is 58.9 Å². The van der Waals surface area contributed by atoms with Crippen LogP contribution in [0.4, 0.5) is 17.2 Å². The van der Waals surface area contributed by atoms with Crippen LogP contribution in [0.5, 0.6) is 11.5 Å². The van der Waals surface area contributed by atoms with Gasteiger partial charge in [-0.05, 0) is 55.8 Å². The molecular formula is C27H28N6O2. The van der Waals surface area contributed by atoms with Gasteiger partial charge in [-0.25, -0.2) is 9.97 Å². The van der Waals surface area contributed by atoms with E-state index in [1.807, 2.05) is 37.4 Å². The maximum Gasteiger partial charge on any atom is 0.163 e. The van der Waals surface area contributed by atoms with Crippen molar-refractivity contribution in [1.29, 1.82) is 0 Å². The van der Waals surface area contributed by atoms with Crippen molar-refractivity contribution in [3.63, 3.8) is 0 Å². The maximum absolute atomic E-state index is 6.08. The summed E-state index contributed by atoms with van der Waals surface area (Å²) in [5.74, 6) is 1.99. The molecule has 0 aliphatic heterocycles. The van der Waals surface area contributed by atoms with E-state index in [0.717, 1.165) is 27.8 Å². The number of likely N-dealkylation sites (N-methyl/N-ethyl adjacent to an activating group) is 1. The van der Waals surface area contributed by atoms with Crippen molar-refractivity contribution in [2.45, 2.75) is 13.8 Å². The third kappa shape index (κ3) is 4.55. The van der Waals surface area contributed by atoms with Crippen molar-refractivity contribution < 1.29 is 9.47 Å². The van der Waals surface area contributed by atoms with Gasteiger partial charge in [-0.15, -0.1) is 0 Å². The molecule has 0 saturated heterocycles. The number of benzene rings is 2. The molecule has 8 heteroatoms. The fraction of sp³-hybridized carbons (Fsp3) is 0.222. The molecule has 3 heterocycles. The number of aryl methyl sites for hydroxylation is 2. The Hall–Kier alpha value is -4.33. The predicted molar refractivity (Wildman–Crippen MR) is 140 cm³/mol. The van der Waals surface area contributed by atoms with Gasteiger partial charge in [0.25, 0.3) is 0 Å². The molecule has 2 aromatic carbocycles. The molecule has 3 aromatic heterocycles. The van der Waals surface area contributed by atoms with Gasteiger partial charge in [0.2, 0.25) is 0 Å². The Labute approximate surface area is 204 Å². The van der Waals surface area contributed by atoms with Crippen LogP contribution in [0.15, 0.2) is 61.2 Å². The van der Waals surface area contributed by atoms with Gasteiger partial charge < -0.3 is 24.7 Å². The van der Waals surface area contributed by atoms with Crippen LogP contribution in [0.1, 0.15) is 11.3 Å². The summed E-state index contributed by atoms with van der Waals surface area (Å²) in [6, 6.07) is 14.0. The fourth-order valence-corrected chi connectivity index (χ4v) is 4.13. The molecule has 0 unspecified atom stereocenters. The summed E-state index contributed by atoms with van der Waals surface area (Å²) < 4.78 is 11.7. The molecule has 5 rings (SSSR count). The van der Waals surface area contributed by atoms with Crippen LogP contribution in [0.2, 0.25) is 0 Å². The Kier molecular flexibility index (Phi) is 6.10. The average Bonchev–Trinajstić information content (AvgIpc) is 3.17. The molecule has 0 spiro atoms. The van der Waals surface area contributed by atoms with E-state index in [2.05, 4.69) is 56.1 Å². The highest BCUT2D eigenvalue weighted by Crippen LogP contribution is 2.35. The lowest BCUT2D eigenvalue weighted by molar-refractivity contribution is 0.301. The first-order valence-corrected chi connectivity index (χ1v) is 11.5. The van der Waals surface area contributed by atoms with Gasteiger partial charge in [-0.2, -0.15) is 0 Å². The summed E-state index contributed by atoms with van der Waals surface area (Å²) in [5.41, 5.74) is 6.36. The van der Waals surface area contributed by atoms with E-state index in [1.165, 1.54) is 16.6 Å². The standard InChI is InChI=1S/C27H28N6O2/c1-17-18(2)31-23-6-5-19(13-21(17)23)32-27-22-14-25(34-4)26(15-24(22)29-16-30-27)35-12-11-33(3)20-7-9-28-10-8-20/h5-10,13-16,31H,11-12H2,1-4H3,(H,29,30,32). The van der Waals surface area contributed by atoms with Gasteiger partial charge in [0.15, 0.2) is 11.5 Å². The lowest BCUT2D eigenvalue weighted by atomic mass is 10.1. The first kappa shape index (κ1) is 22.5.